The maximum absolute atomic E-state index is 5.87. The van der Waals surface area contributed by atoms with Gasteiger partial charge in [-0.2, -0.15) is 0 Å². The van der Waals surface area contributed by atoms with Crippen LogP contribution in [-0.4, -0.2) is 16.6 Å². The summed E-state index contributed by atoms with van der Waals surface area (Å²) in [6, 6.07) is 11.0. The zero-order valence-electron chi connectivity index (χ0n) is 11.6. The molecule has 0 unspecified atom stereocenters. The fourth-order valence-corrected chi connectivity index (χ4v) is 2.02. The van der Waals surface area contributed by atoms with Crippen LogP contribution in [0.2, 0.25) is 0 Å². The molecular formula is C16H15N3O2. The van der Waals surface area contributed by atoms with Crippen molar-refractivity contribution >= 4 is 16.7 Å². The van der Waals surface area contributed by atoms with Crippen molar-refractivity contribution in [1.82, 2.24) is 9.97 Å². The molecule has 0 aliphatic carbocycles. The Hall–Kier alpha value is -2.82. The van der Waals surface area contributed by atoms with Gasteiger partial charge >= 0.3 is 0 Å². The molecule has 0 saturated heterocycles. The van der Waals surface area contributed by atoms with E-state index in [1.807, 2.05) is 31.2 Å². The number of pyridine rings is 2. The summed E-state index contributed by atoms with van der Waals surface area (Å²) in [5.74, 6) is 2.57. The highest BCUT2D eigenvalue weighted by Crippen LogP contribution is 2.31. The number of ether oxygens (including phenoxy) is 2. The molecule has 0 amide bonds. The maximum atomic E-state index is 5.87. The van der Waals surface area contributed by atoms with Crippen molar-refractivity contribution in [3.8, 4) is 17.2 Å². The normalized spacial score (nSPS) is 10.5. The van der Waals surface area contributed by atoms with Gasteiger partial charge in [-0.25, -0.2) is 4.98 Å². The molecular weight excluding hydrogens is 266 g/mol. The van der Waals surface area contributed by atoms with Crippen molar-refractivity contribution in [2.75, 3.05) is 12.3 Å². The highest BCUT2D eigenvalue weighted by Gasteiger charge is 2.06. The molecule has 21 heavy (non-hydrogen) atoms. The first-order valence-corrected chi connectivity index (χ1v) is 6.67. The predicted molar refractivity (Wildman–Crippen MR) is 81.6 cm³/mol. The summed E-state index contributed by atoms with van der Waals surface area (Å²) in [4.78, 5) is 8.34. The number of benzene rings is 1. The molecule has 0 radical (unpaired) electrons. The van der Waals surface area contributed by atoms with E-state index >= 15 is 0 Å². The molecule has 2 aromatic heterocycles. The number of hydrogen-bond acceptors (Lipinski definition) is 5. The van der Waals surface area contributed by atoms with E-state index in [0.29, 0.717) is 23.9 Å². The van der Waals surface area contributed by atoms with Crippen molar-refractivity contribution in [1.29, 1.82) is 0 Å². The van der Waals surface area contributed by atoms with Crippen LogP contribution in [0.4, 0.5) is 5.82 Å². The Bertz CT molecular complexity index is 757. The van der Waals surface area contributed by atoms with Crippen LogP contribution in [0.15, 0.2) is 48.8 Å². The lowest BCUT2D eigenvalue weighted by molar-refractivity contribution is 0.340. The summed E-state index contributed by atoms with van der Waals surface area (Å²) in [5, 5.41) is 0.889. The summed E-state index contributed by atoms with van der Waals surface area (Å²) >= 11 is 0. The molecule has 0 aliphatic rings. The van der Waals surface area contributed by atoms with Gasteiger partial charge in [0.1, 0.15) is 23.1 Å². The standard InChI is InChI=1S/C16H15N3O2/c1-2-20-11-3-5-14-13(9-11)15(7-8-18-14)21-12-4-6-16(17)19-10-12/h3-10H,2H2,1H3,(H2,17,19). The molecule has 0 saturated carbocycles. The van der Waals surface area contributed by atoms with Gasteiger partial charge in [0, 0.05) is 11.6 Å². The van der Waals surface area contributed by atoms with E-state index < -0.39 is 0 Å². The molecule has 3 rings (SSSR count). The van der Waals surface area contributed by atoms with Crippen LogP contribution in [0, 0.1) is 0 Å². The van der Waals surface area contributed by atoms with E-state index in [0.717, 1.165) is 16.7 Å². The Kier molecular flexibility index (Phi) is 3.55. The molecule has 0 aliphatic heterocycles. The second-order valence-corrected chi connectivity index (χ2v) is 4.44. The van der Waals surface area contributed by atoms with Gasteiger partial charge in [0.05, 0.1) is 18.3 Å². The van der Waals surface area contributed by atoms with Crippen LogP contribution < -0.4 is 15.2 Å². The van der Waals surface area contributed by atoms with Gasteiger partial charge in [-0.3, -0.25) is 4.98 Å². The van der Waals surface area contributed by atoms with E-state index in [9.17, 15) is 0 Å². The first-order valence-electron chi connectivity index (χ1n) is 6.67. The second kappa shape index (κ2) is 5.66. The lowest BCUT2D eigenvalue weighted by Gasteiger charge is -2.10. The maximum Gasteiger partial charge on any atom is 0.145 e. The van der Waals surface area contributed by atoms with Crippen molar-refractivity contribution in [3.63, 3.8) is 0 Å². The average molecular weight is 281 g/mol. The monoisotopic (exact) mass is 281 g/mol. The third-order valence-corrected chi connectivity index (χ3v) is 2.97. The Morgan fingerprint density at radius 3 is 2.67 bits per heavy atom. The number of fused-ring (bicyclic) bond motifs is 1. The summed E-state index contributed by atoms with van der Waals surface area (Å²) in [7, 11) is 0. The van der Waals surface area contributed by atoms with Gasteiger partial charge in [-0.05, 0) is 43.3 Å². The molecule has 0 fully saturated rings. The molecule has 3 aromatic rings. The summed E-state index contributed by atoms with van der Waals surface area (Å²) in [6.45, 7) is 2.56. The highest BCUT2D eigenvalue weighted by atomic mass is 16.5. The van der Waals surface area contributed by atoms with Crippen LogP contribution in [-0.2, 0) is 0 Å². The summed E-state index contributed by atoms with van der Waals surface area (Å²) in [6.07, 6.45) is 3.30. The topological polar surface area (TPSA) is 70.3 Å². The van der Waals surface area contributed by atoms with E-state index in [1.165, 1.54) is 0 Å². The number of anilines is 1. The second-order valence-electron chi connectivity index (χ2n) is 4.44. The Balaban J connectivity index is 2.00. The fraction of sp³-hybridized carbons (Fsp3) is 0.125. The van der Waals surface area contributed by atoms with Crippen LogP contribution in [0.5, 0.6) is 17.2 Å². The molecule has 0 bridgehead atoms. The molecule has 0 atom stereocenters. The molecule has 5 nitrogen and oxygen atoms in total. The first-order chi connectivity index (χ1) is 10.3. The lowest BCUT2D eigenvalue weighted by atomic mass is 10.2. The Morgan fingerprint density at radius 1 is 1.05 bits per heavy atom. The van der Waals surface area contributed by atoms with Crippen LogP contribution >= 0.6 is 0 Å². The molecule has 5 heteroatoms. The number of aromatic nitrogens is 2. The minimum Gasteiger partial charge on any atom is -0.494 e. The summed E-state index contributed by atoms with van der Waals surface area (Å²) in [5.41, 5.74) is 6.42. The largest absolute Gasteiger partial charge is 0.494 e. The molecule has 1 aromatic carbocycles. The number of hydrogen-bond donors (Lipinski definition) is 1. The van der Waals surface area contributed by atoms with E-state index in [1.54, 1.807) is 24.5 Å². The van der Waals surface area contributed by atoms with Crippen molar-refractivity contribution in [3.05, 3.63) is 48.8 Å². The highest BCUT2D eigenvalue weighted by molar-refractivity contribution is 5.86. The third kappa shape index (κ3) is 2.86. The summed E-state index contributed by atoms with van der Waals surface area (Å²) < 4.78 is 11.4. The van der Waals surface area contributed by atoms with Crippen molar-refractivity contribution < 1.29 is 9.47 Å². The number of rotatable bonds is 4. The average Bonchev–Trinajstić information content (AvgIpc) is 2.50. The zero-order valence-corrected chi connectivity index (χ0v) is 11.6. The van der Waals surface area contributed by atoms with Gasteiger partial charge in [0.15, 0.2) is 0 Å². The van der Waals surface area contributed by atoms with Gasteiger partial charge < -0.3 is 15.2 Å². The van der Waals surface area contributed by atoms with Gasteiger partial charge in [0.2, 0.25) is 0 Å². The third-order valence-electron chi connectivity index (χ3n) is 2.97. The number of nitrogens with two attached hydrogens (primary N) is 1. The van der Waals surface area contributed by atoms with Crippen LogP contribution in [0.25, 0.3) is 10.9 Å². The van der Waals surface area contributed by atoms with E-state index in [2.05, 4.69) is 9.97 Å². The minimum atomic E-state index is 0.459. The quantitative estimate of drug-likeness (QED) is 0.793. The Morgan fingerprint density at radius 2 is 1.90 bits per heavy atom. The molecule has 2 heterocycles. The Labute approximate surface area is 122 Å². The first kappa shape index (κ1) is 13.2. The predicted octanol–water partition coefficient (Wildman–Crippen LogP) is 3.40. The van der Waals surface area contributed by atoms with E-state index in [-0.39, 0.29) is 0 Å². The van der Waals surface area contributed by atoms with Gasteiger partial charge in [-0.1, -0.05) is 0 Å². The molecule has 106 valence electrons. The zero-order chi connectivity index (χ0) is 14.7. The van der Waals surface area contributed by atoms with Crippen molar-refractivity contribution in [2.24, 2.45) is 0 Å². The van der Waals surface area contributed by atoms with Crippen LogP contribution in [0.3, 0.4) is 0 Å². The molecule has 2 N–H and O–H groups in total. The molecule has 0 spiro atoms. The lowest BCUT2D eigenvalue weighted by Crippen LogP contribution is -1.93. The van der Waals surface area contributed by atoms with Gasteiger partial charge in [0.25, 0.3) is 0 Å². The van der Waals surface area contributed by atoms with E-state index in [4.69, 9.17) is 15.2 Å². The van der Waals surface area contributed by atoms with Gasteiger partial charge in [-0.15, -0.1) is 0 Å². The minimum absolute atomic E-state index is 0.459. The fourth-order valence-electron chi connectivity index (χ4n) is 2.02. The van der Waals surface area contributed by atoms with Crippen LogP contribution in [0.1, 0.15) is 6.92 Å². The smallest absolute Gasteiger partial charge is 0.145 e. The number of nitrogen functional groups attached to an aromatic ring is 1. The number of nitrogens with zero attached hydrogens (tertiary/aromatic N) is 2. The van der Waals surface area contributed by atoms with Crippen molar-refractivity contribution in [2.45, 2.75) is 6.92 Å². The SMILES string of the molecule is CCOc1ccc2nccc(Oc3ccc(N)nc3)c2c1.